The van der Waals surface area contributed by atoms with Crippen LogP contribution in [0.3, 0.4) is 0 Å². The normalized spacial score (nSPS) is 10.0. The third kappa shape index (κ3) is 3.83. The fraction of sp³-hybridized carbons (Fsp3) is 0.0667. The molecule has 0 unspecified atom stereocenters. The third-order valence-electron chi connectivity index (χ3n) is 2.97. The van der Waals surface area contributed by atoms with Gasteiger partial charge in [0.25, 0.3) is 11.6 Å². The standard InChI is InChI=1S/C15H11ClN2O5/c1-23-15(20)10-4-2-9(3-5-10)14(19)17-11-6-7-12(16)13(8-11)18(21)22/h2-8H,1H3,(H,17,19). The van der Waals surface area contributed by atoms with Gasteiger partial charge in [0, 0.05) is 17.3 Å². The molecular weight excluding hydrogens is 324 g/mol. The van der Waals surface area contributed by atoms with Gasteiger partial charge in [0.05, 0.1) is 17.6 Å². The zero-order valence-electron chi connectivity index (χ0n) is 11.9. The number of carbonyl (C=O) groups excluding carboxylic acids is 2. The molecule has 7 nitrogen and oxygen atoms in total. The first-order valence-corrected chi connectivity index (χ1v) is 6.74. The van der Waals surface area contributed by atoms with E-state index in [0.29, 0.717) is 5.56 Å². The molecule has 8 heteroatoms. The molecule has 0 bridgehead atoms. The van der Waals surface area contributed by atoms with Gasteiger partial charge in [-0.3, -0.25) is 14.9 Å². The number of hydrogen-bond donors (Lipinski definition) is 1. The molecule has 0 aliphatic carbocycles. The van der Waals surface area contributed by atoms with E-state index in [9.17, 15) is 19.7 Å². The summed E-state index contributed by atoms with van der Waals surface area (Å²) in [5.41, 5.74) is 0.537. The number of nitro benzene ring substituents is 1. The SMILES string of the molecule is COC(=O)c1ccc(C(=O)Nc2ccc(Cl)c([N+](=O)[O-])c2)cc1. The minimum atomic E-state index is -0.636. The molecule has 0 spiro atoms. The van der Waals surface area contributed by atoms with Gasteiger partial charge >= 0.3 is 5.97 Å². The Labute approximate surface area is 136 Å². The summed E-state index contributed by atoms with van der Waals surface area (Å²) in [7, 11) is 1.26. The fourth-order valence-corrected chi connectivity index (χ4v) is 2.00. The van der Waals surface area contributed by atoms with Crippen LogP contribution in [0, 0.1) is 10.1 Å². The van der Waals surface area contributed by atoms with Gasteiger partial charge in [-0.25, -0.2) is 4.79 Å². The van der Waals surface area contributed by atoms with Crippen molar-refractivity contribution in [2.45, 2.75) is 0 Å². The Morgan fingerprint density at radius 1 is 1.13 bits per heavy atom. The molecule has 23 heavy (non-hydrogen) atoms. The van der Waals surface area contributed by atoms with E-state index in [2.05, 4.69) is 10.1 Å². The number of anilines is 1. The van der Waals surface area contributed by atoms with Crippen molar-refractivity contribution < 1.29 is 19.2 Å². The van der Waals surface area contributed by atoms with E-state index in [0.717, 1.165) is 0 Å². The van der Waals surface area contributed by atoms with Crippen LogP contribution in [0.4, 0.5) is 11.4 Å². The first kappa shape index (κ1) is 16.4. The summed E-state index contributed by atoms with van der Waals surface area (Å²) in [6, 6.07) is 9.75. The number of halogens is 1. The highest BCUT2D eigenvalue weighted by atomic mass is 35.5. The van der Waals surface area contributed by atoms with Crippen molar-refractivity contribution in [2.75, 3.05) is 12.4 Å². The van der Waals surface area contributed by atoms with Crippen LogP contribution in [0.25, 0.3) is 0 Å². The maximum atomic E-state index is 12.1. The zero-order valence-corrected chi connectivity index (χ0v) is 12.7. The number of esters is 1. The minimum absolute atomic E-state index is 0.0181. The molecule has 1 N–H and O–H groups in total. The number of benzene rings is 2. The summed E-state index contributed by atoms with van der Waals surface area (Å²) in [5.74, 6) is -0.983. The lowest BCUT2D eigenvalue weighted by atomic mass is 10.1. The van der Waals surface area contributed by atoms with Gasteiger partial charge in [0.1, 0.15) is 5.02 Å². The number of nitro groups is 1. The zero-order chi connectivity index (χ0) is 17.0. The summed E-state index contributed by atoms with van der Waals surface area (Å²) in [4.78, 5) is 33.6. The predicted octanol–water partition coefficient (Wildman–Crippen LogP) is 3.29. The number of amides is 1. The van der Waals surface area contributed by atoms with Crippen molar-refractivity contribution in [3.63, 3.8) is 0 Å². The van der Waals surface area contributed by atoms with Gasteiger partial charge < -0.3 is 10.1 Å². The average Bonchev–Trinajstić information content (AvgIpc) is 2.55. The Kier molecular flexibility index (Phi) is 4.92. The van der Waals surface area contributed by atoms with Gasteiger partial charge in [-0.05, 0) is 36.4 Å². The smallest absolute Gasteiger partial charge is 0.337 e. The number of ether oxygens (including phenoxy) is 1. The second kappa shape index (κ2) is 6.89. The molecule has 0 atom stereocenters. The number of hydrogen-bond acceptors (Lipinski definition) is 5. The molecule has 1 amide bonds. The van der Waals surface area contributed by atoms with Crippen LogP contribution in [-0.4, -0.2) is 23.9 Å². The number of nitrogens with zero attached hydrogens (tertiary/aromatic N) is 1. The van der Waals surface area contributed by atoms with Crippen LogP contribution in [-0.2, 0) is 4.74 Å². The summed E-state index contributed by atoms with van der Waals surface area (Å²) in [5, 5.41) is 13.3. The van der Waals surface area contributed by atoms with E-state index in [4.69, 9.17) is 11.6 Å². The van der Waals surface area contributed by atoms with Crippen LogP contribution in [0.5, 0.6) is 0 Å². The Morgan fingerprint density at radius 2 is 1.74 bits per heavy atom. The van der Waals surface area contributed by atoms with E-state index >= 15 is 0 Å². The monoisotopic (exact) mass is 334 g/mol. The third-order valence-corrected chi connectivity index (χ3v) is 3.29. The molecule has 0 fully saturated rings. The van der Waals surface area contributed by atoms with Gasteiger partial charge in [0.2, 0.25) is 0 Å². The Bertz CT molecular complexity index is 774. The van der Waals surface area contributed by atoms with E-state index in [1.54, 1.807) is 0 Å². The van der Waals surface area contributed by atoms with Crippen LogP contribution >= 0.6 is 11.6 Å². The van der Waals surface area contributed by atoms with Gasteiger partial charge in [-0.1, -0.05) is 11.6 Å². The lowest BCUT2D eigenvalue weighted by Crippen LogP contribution is -2.12. The quantitative estimate of drug-likeness (QED) is 0.525. The molecule has 2 aromatic rings. The van der Waals surface area contributed by atoms with Crippen LogP contribution in [0.2, 0.25) is 5.02 Å². The van der Waals surface area contributed by atoms with E-state index in [1.807, 2.05) is 0 Å². The molecule has 0 aliphatic heterocycles. The van der Waals surface area contributed by atoms with Crippen molar-refractivity contribution in [3.05, 3.63) is 68.7 Å². The van der Waals surface area contributed by atoms with Crippen molar-refractivity contribution in [2.24, 2.45) is 0 Å². The van der Waals surface area contributed by atoms with E-state index in [-0.39, 0.29) is 22.0 Å². The lowest BCUT2D eigenvalue weighted by Gasteiger charge is -2.06. The predicted molar refractivity (Wildman–Crippen MR) is 83.8 cm³/mol. The van der Waals surface area contributed by atoms with E-state index < -0.39 is 16.8 Å². The lowest BCUT2D eigenvalue weighted by molar-refractivity contribution is -0.384. The Morgan fingerprint density at radius 3 is 2.30 bits per heavy atom. The number of nitrogens with one attached hydrogen (secondary N) is 1. The highest BCUT2D eigenvalue weighted by Gasteiger charge is 2.15. The molecule has 0 saturated heterocycles. The Balaban J connectivity index is 2.17. The highest BCUT2D eigenvalue weighted by molar-refractivity contribution is 6.32. The number of rotatable bonds is 4. The van der Waals surface area contributed by atoms with Crippen LogP contribution in [0.1, 0.15) is 20.7 Å². The van der Waals surface area contributed by atoms with Crippen LogP contribution in [0.15, 0.2) is 42.5 Å². The number of carbonyl (C=O) groups is 2. The summed E-state index contributed by atoms with van der Waals surface area (Å²) in [6.45, 7) is 0. The summed E-state index contributed by atoms with van der Waals surface area (Å²) < 4.78 is 4.56. The van der Waals surface area contributed by atoms with Gasteiger partial charge in [-0.15, -0.1) is 0 Å². The number of methoxy groups -OCH3 is 1. The molecular formula is C15H11ClN2O5. The van der Waals surface area contributed by atoms with Crippen molar-refractivity contribution in [1.29, 1.82) is 0 Å². The average molecular weight is 335 g/mol. The molecule has 118 valence electrons. The molecule has 2 aromatic carbocycles. The second-order valence-corrected chi connectivity index (χ2v) is 4.85. The molecule has 0 radical (unpaired) electrons. The molecule has 0 saturated carbocycles. The van der Waals surface area contributed by atoms with Gasteiger partial charge in [0.15, 0.2) is 0 Å². The summed E-state index contributed by atoms with van der Waals surface area (Å²) in [6.07, 6.45) is 0. The van der Waals surface area contributed by atoms with Crippen molar-refractivity contribution in [1.82, 2.24) is 0 Å². The van der Waals surface area contributed by atoms with Crippen molar-refractivity contribution in [3.8, 4) is 0 Å². The van der Waals surface area contributed by atoms with Gasteiger partial charge in [-0.2, -0.15) is 0 Å². The molecule has 0 aromatic heterocycles. The first-order chi connectivity index (χ1) is 10.9. The van der Waals surface area contributed by atoms with Crippen molar-refractivity contribution >= 4 is 34.9 Å². The minimum Gasteiger partial charge on any atom is -0.465 e. The maximum absolute atomic E-state index is 12.1. The van der Waals surface area contributed by atoms with Crippen LogP contribution < -0.4 is 5.32 Å². The summed E-state index contributed by atoms with van der Waals surface area (Å²) >= 11 is 5.71. The molecule has 0 aliphatic rings. The van der Waals surface area contributed by atoms with E-state index in [1.165, 1.54) is 49.6 Å². The first-order valence-electron chi connectivity index (χ1n) is 6.36. The second-order valence-electron chi connectivity index (χ2n) is 4.45. The largest absolute Gasteiger partial charge is 0.465 e. The molecule has 2 rings (SSSR count). The molecule has 0 heterocycles. The fourth-order valence-electron chi connectivity index (χ4n) is 1.81. The topological polar surface area (TPSA) is 98.5 Å². The highest BCUT2D eigenvalue weighted by Crippen LogP contribution is 2.27. The maximum Gasteiger partial charge on any atom is 0.337 e. The Hall–Kier alpha value is -2.93.